The first-order chi connectivity index (χ1) is 7.11. The standard InChI is InChI=1S/C13H27NO/c1-4-11-7-5-6-8-12(11)13(2,15)9-10-14-3/h11-12,14-15H,4-10H2,1-3H3. The largest absolute Gasteiger partial charge is 0.390 e. The van der Waals surface area contributed by atoms with E-state index in [-0.39, 0.29) is 0 Å². The van der Waals surface area contributed by atoms with E-state index in [1.54, 1.807) is 0 Å². The van der Waals surface area contributed by atoms with Crippen molar-refractivity contribution in [1.29, 1.82) is 0 Å². The minimum absolute atomic E-state index is 0.468. The molecule has 2 nitrogen and oxygen atoms in total. The van der Waals surface area contributed by atoms with Gasteiger partial charge in [0.05, 0.1) is 5.60 Å². The molecule has 0 aromatic carbocycles. The van der Waals surface area contributed by atoms with Crippen molar-refractivity contribution in [2.75, 3.05) is 13.6 Å². The summed E-state index contributed by atoms with van der Waals surface area (Å²) in [5.74, 6) is 1.26. The minimum atomic E-state index is -0.468. The van der Waals surface area contributed by atoms with Gasteiger partial charge in [0.15, 0.2) is 0 Å². The Morgan fingerprint density at radius 1 is 1.33 bits per heavy atom. The Hall–Kier alpha value is -0.0800. The van der Waals surface area contributed by atoms with Crippen LogP contribution in [0.2, 0.25) is 0 Å². The second kappa shape index (κ2) is 5.86. The van der Waals surface area contributed by atoms with Crippen LogP contribution < -0.4 is 5.32 Å². The van der Waals surface area contributed by atoms with Gasteiger partial charge in [0, 0.05) is 0 Å². The van der Waals surface area contributed by atoms with Gasteiger partial charge in [-0.15, -0.1) is 0 Å². The van der Waals surface area contributed by atoms with Gasteiger partial charge in [-0.3, -0.25) is 0 Å². The highest BCUT2D eigenvalue weighted by Gasteiger charge is 2.37. The SMILES string of the molecule is CCC1CCCCC1C(C)(O)CCNC. The van der Waals surface area contributed by atoms with Crippen molar-refractivity contribution < 1.29 is 5.11 Å². The van der Waals surface area contributed by atoms with Crippen molar-refractivity contribution in [2.24, 2.45) is 11.8 Å². The maximum absolute atomic E-state index is 10.5. The fourth-order valence-corrected chi connectivity index (χ4v) is 3.08. The van der Waals surface area contributed by atoms with Crippen LogP contribution in [-0.2, 0) is 0 Å². The molecule has 0 radical (unpaired) electrons. The third-order valence-electron chi connectivity index (χ3n) is 4.11. The van der Waals surface area contributed by atoms with E-state index in [0.29, 0.717) is 5.92 Å². The minimum Gasteiger partial charge on any atom is -0.390 e. The number of aliphatic hydroxyl groups is 1. The van der Waals surface area contributed by atoms with Crippen molar-refractivity contribution in [3.8, 4) is 0 Å². The summed E-state index contributed by atoms with van der Waals surface area (Å²) in [6, 6.07) is 0. The summed E-state index contributed by atoms with van der Waals surface area (Å²) in [6.07, 6.45) is 7.30. The zero-order valence-corrected chi connectivity index (χ0v) is 10.6. The molecule has 1 rings (SSSR count). The van der Waals surface area contributed by atoms with E-state index in [1.165, 1.54) is 32.1 Å². The fourth-order valence-electron chi connectivity index (χ4n) is 3.08. The van der Waals surface area contributed by atoms with Crippen LogP contribution in [0.15, 0.2) is 0 Å². The van der Waals surface area contributed by atoms with Gasteiger partial charge in [0.25, 0.3) is 0 Å². The number of nitrogens with one attached hydrogen (secondary N) is 1. The maximum atomic E-state index is 10.5. The molecule has 1 saturated carbocycles. The van der Waals surface area contributed by atoms with Crippen LogP contribution in [0, 0.1) is 11.8 Å². The van der Waals surface area contributed by atoms with E-state index in [1.807, 2.05) is 14.0 Å². The molecule has 0 spiro atoms. The van der Waals surface area contributed by atoms with Gasteiger partial charge in [-0.25, -0.2) is 0 Å². The van der Waals surface area contributed by atoms with Crippen molar-refractivity contribution in [1.82, 2.24) is 5.32 Å². The topological polar surface area (TPSA) is 32.3 Å². The van der Waals surface area contributed by atoms with Crippen LogP contribution in [-0.4, -0.2) is 24.3 Å². The third-order valence-corrected chi connectivity index (χ3v) is 4.11. The number of hydrogen-bond acceptors (Lipinski definition) is 2. The van der Waals surface area contributed by atoms with Crippen LogP contribution in [0.4, 0.5) is 0 Å². The van der Waals surface area contributed by atoms with E-state index in [4.69, 9.17) is 0 Å². The number of hydrogen-bond donors (Lipinski definition) is 2. The molecule has 1 fully saturated rings. The Morgan fingerprint density at radius 3 is 2.60 bits per heavy atom. The van der Waals surface area contributed by atoms with Gasteiger partial charge in [-0.2, -0.15) is 0 Å². The molecular formula is C13H27NO. The molecule has 15 heavy (non-hydrogen) atoms. The van der Waals surface area contributed by atoms with Crippen LogP contribution in [0.5, 0.6) is 0 Å². The number of rotatable bonds is 5. The molecule has 1 aliphatic rings. The van der Waals surface area contributed by atoms with E-state index in [9.17, 15) is 5.11 Å². The lowest BCUT2D eigenvalue weighted by Gasteiger charge is -2.41. The first-order valence-electron chi connectivity index (χ1n) is 6.48. The molecule has 3 atom stereocenters. The highest BCUT2D eigenvalue weighted by atomic mass is 16.3. The fraction of sp³-hybridized carbons (Fsp3) is 1.00. The maximum Gasteiger partial charge on any atom is 0.0662 e. The summed E-state index contributed by atoms with van der Waals surface area (Å²) in [5, 5.41) is 13.7. The first-order valence-corrected chi connectivity index (χ1v) is 6.48. The molecule has 0 aliphatic heterocycles. The summed E-state index contributed by atoms with van der Waals surface area (Å²) in [7, 11) is 1.95. The molecule has 1 aliphatic carbocycles. The first kappa shape index (κ1) is 13.0. The Kier molecular flexibility index (Phi) is 5.07. The summed E-state index contributed by atoms with van der Waals surface area (Å²) in [4.78, 5) is 0. The van der Waals surface area contributed by atoms with Crippen molar-refractivity contribution in [2.45, 2.75) is 58.0 Å². The Balaban J connectivity index is 2.56. The average Bonchev–Trinajstić information content (AvgIpc) is 2.26. The van der Waals surface area contributed by atoms with Gasteiger partial charge in [0.1, 0.15) is 0 Å². The van der Waals surface area contributed by atoms with E-state index in [0.717, 1.165) is 18.9 Å². The van der Waals surface area contributed by atoms with E-state index < -0.39 is 5.60 Å². The molecule has 0 bridgehead atoms. The van der Waals surface area contributed by atoms with Crippen molar-refractivity contribution in [3.05, 3.63) is 0 Å². The second-order valence-corrected chi connectivity index (χ2v) is 5.27. The highest BCUT2D eigenvalue weighted by Crippen LogP contribution is 2.40. The van der Waals surface area contributed by atoms with Crippen LogP contribution in [0.25, 0.3) is 0 Å². The molecule has 0 saturated heterocycles. The monoisotopic (exact) mass is 213 g/mol. The molecular weight excluding hydrogens is 186 g/mol. The quantitative estimate of drug-likeness (QED) is 0.735. The average molecular weight is 213 g/mol. The molecule has 2 heteroatoms. The summed E-state index contributed by atoms with van der Waals surface area (Å²) in [5.41, 5.74) is -0.468. The van der Waals surface area contributed by atoms with Gasteiger partial charge in [0.2, 0.25) is 0 Å². The van der Waals surface area contributed by atoms with E-state index in [2.05, 4.69) is 12.2 Å². The van der Waals surface area contributed by atoms with Gasteiger partial charge >= 0.3 is 0 Å². The summed E-state index contributed by atoms with van der Waals surface area (Å²) in [6.45, 7) is 5.21. The van der Waals surface area contributed by atoms with Crippen LogP contribution in [0.1, 0.15) is 52.4 Å². The van der Waals surface area contributed by atoms with Gasteiger partial charge in [-0.1, -0.05) is 32.6 Å². The smallest absolute Gasteiger partial charge is 0.0662 e. The molecule has 0 aromatic rings. The van der Waals surface area contributed by atoms with Crippen molar-refractivity contribution in [3.63, 3.8) is 0 Å². The predicted molar refractivity (Wildman–Crippen MR) is 64.9 cm³/mol. The summed E-state index contributed by atoms with van der Waals surface area (Å²) >= 11 is 0. The lowest BCUT2D eigenvalue weighted by Crippen LogP contribution is -2.42. The molecule has 0 aromatic heterocycles. The molecule has 2 N–H and O–H groups in total. The lowest BCUT2D eigenvalue weighted by atomic mass is 9.68. The van der Waals surface area contributed by atoms with Crippen LogP contribution >= 0.6 is 0 Å². The lowest BCUT2D eigenvalue weighted by molar-refractivity contribution is -0.0487. The predicted octanol–water partition coefficient (Wildman–Crippen LogP) is 2.56. The highest BCUT2D eigenvalue weighted by molar-refractivity contribution is 4.89. The van der Waals surface area contributed by atoms with Crippen LogP contribution in [0.3, 0.4) is 0 Å². The normalized spacial score (nSPS) is 31.2. The second-order valence-electron chi connectivity index (χ2n) is 5.27. The summed E-state index contributed by atoms with van der Waals surface area (Å²) < 4.78 is 0. The Bertz CT molecular complexity index is 179. The van der Waals surface area contributed by atoms with Crippen molar-refractivity contribution >= 4 is 0 Å². The van der Waals surface area contributed by atoms with Gasteiger partial charge in [-0.05, 0) is 45.2 Å². The third kappa shape index (κ3) is 3.46. The zero-order valence-electron chi connectivity index (χ0n) is 10.6. The molecule has 0 amide bonds. The van der Waals surface area contributed by atoms with E-state index >= 15 is 0 Å². The Morgan fingerprint density at radius 2 is 2.00 bits per heavy atom. The molecule has 0 heterocycles. The molecule has 90 valence electrons. The zero-order chi connectivity index (χ0) is 11.3. The molecule has 3 unspecified atom stereocenters. The Labute approximate surface area is 94.5 Å². The van der Waals surface area contributed by atoms with Gasteiger partial charge < -0.3 is 10.4 Å².